The number of allylic oxidation sites excluding steroid dienone is 1. The molecule has 124 valence electrons. The molecule has 0 aliphatic carbocycles. The highest BCUT2D eigenvalue weighted by atomic mass is 35.5. The van der Waals surface area contributed by atoms with Crippen molar-refractivity contribution in [2.45, 2.75) is 6.42 Å². The molecular formula is C20H13ClO4. The maximum absolute atomic E-state index is 12.7. The van der Waals surface area contributed by atoms with Crippen LogP contribution in [-0.4, -0.2) is 5.11 Å². The Kier molecular flexibility index (Phi) is 3.62. The minimum Gasteiger partial charge on any atom is -0.506 e. The number of furan rings is 1. The van der Waals surface area contributed by atoms with Gasteiger partial charge in [0.1, 0.15) is 28.1 Å². The summed E-state index contributed by atoms with van der Waals surface area (Å²) < 4.78 is 11.5. The Morgan fingerprint density at radius 3 is 2.64 bits per heavy atom. The van der Waals surface area contributed by atoms with Crippen LogP contribution in [0.15, 0.2) is 68.9 Å². The van der Waals surface area contributed by atoms with E-state index in [4.69, 9.17) is 20.4 Å². The van der Waals surface area contributed by atoms with E-state index in [1.54, 1.807) is 36.4 Å². The standard InChI is InChI=1S/C20H13ClO4/c1-2-3-14-19-13(8-9-24-19)18(23)17-15(22)10-16(25-20(14)17)11-4-6-12(21)7-5-11/h2,4-10,23H,1,3H2. The number of fused-ring (bicyclic) bond motifs is 2. The van der Waals surface area contributed by atoms with Crippen LogP contribution in [0.4, 0.5) is 0 Å². The first kappa shape index (κ1) is 15.5. The van der Waals surface area contributed by atoms with Gasteiger partial charge in [0.05, 0.1) is 11.6 Å². The van der Waals surface area contributed by atoms with Crippen molar-refractivity contribution < 1.29 is 13.9 Å². The van der Waals surface area contributed by atoms with E-state index >= 15 is 0 Å². The molecule has 0 saturated carbocycles. The fraction of sp³-hybridized carbons (Fsp3) is 0.0500. The molecule has 0 spiro atoms. The average Bonchev–Trinajstić information content (AvgIpc) is 3.08. The second-order valence-corrected chi connectivity index (χ2v) is 6.11. The third-order valence-corrected chi connectivity index (χ3v) is 4.38. The van der Waals surface area contributed by atoms with E-state index in [9.17, 15) is 9.90 Å². The number of benzene rings is 2. The monoisotopic (exact) mass is 352 g/mol. The quantitative estimate of drug-likeness (QED) is 0.508. The SMILES string of the molecule is C=CCc1c2occc2c(O)c2c(=O)cc(-c3ccc(Cl)cc3)oc12. The molecular weight excluding hydrogens is 340 g/mol. The second kappa shape index (κ2) is 5.83. The summed E-state index contributed by atoms with van der Waals surface area (Å²) in [5.41, 5.74) is 1.86. The Morgan fingerprint density at radius 1 is 1.16 bits per heavy atom. The maximum atomic E-state index is 12.7. The Balaban J connectivity index is 2.12. The average molecular weight is 353 g/mol. The van der Waals surface area contributed by atoms with Crippen LogP contribution in [0.2, 0.25) is 5.02 Å². The number of halogens is 1. The van der Waals surface area contributed by atoms with Crippen LogP contribution in [0.5, 0.6) is 5.75 Å². The van der Waals surface area contributed by atoms with E-state index in [0.717, 1.165) is 0 Å². The molecule has 0 bridgehead atoms. The normalized spacial score (nSPS) is 11.2. The highest BCUT2D eigenvalue weighted by Gasteiger charge is 2.20. The second-order valence-electron chi connectivity index (χ2n) is 5.67. The van der Waals surface area contributed by atoms with Crippen molar-refractivity contribution in [1.29, 1.82) is 0 Å². The molecule has 0 unspecified atom stereocenters. The highest BCUT2D eigenvalue weighted by molar-refractivity contribution is 6.30. The largest absolute Gasteiger partial charge is 0.506 e. The summed E-state index contributed by atoms with van der Waals surface area (Å²) in [5.74, 6) is 0.257. The van der Waals surface area contributed by atoms with Crippen LogP contribution in [-0.2, 0) is 6.42 Å². The van der Waals surface area contributed by atoms with Crippen LogP contribution in [0.25, 0.3) is 33.3 Å². The lowest BCUT2D eigenvalue weighted by molar-refractivity contribution is 0.485. The molecule has 25 heavy (non-hydrogen) atoms. The Bertz CT molecular complexity index is 1170. The molecule has 2 aromatic heterocycles. The topological polar surface area (TPSA) is 63.6 Å². The van der Waals surface area contributed by atoms with Crippen molar-refractivity contribution in [2.75, 3.05) is 0 Å². The first-order valence-corrected chi connectivity index (χ1v) is 8.03. The third kappa shape index (κ3) is 2.42. The van der Waals surface area contributed by atoms with Gasteiger partial charge in [0.15, 0.2) is 5.43 Å². The molecule has 0 atom stereocenters. The minimum atomic E-state index is -0.322. The third-order valence-electron chi connectivity index (χ3n) is 4.13. The predicted molar refractivity (Wildman–Crippen MR) is 98.3 cm³/mol. The van der Waals surface area contributed by atoms with Gasteiger partial charge < -0.3 is 13.9 Å². The lowest BCUT2D eigenvalue weighted by Gasteiger charge is -2.09. The molecule has 0 aliphatic heterocycles. The van der Waals surface area contributed by atoms with Crippen molar-refractivity contribution in [3.05, 3.63) is 76.1 Å². The number of phenolic OH excluding ortho intramolecular Hbond substituents is 1. The Labute approximate surface area is 147 Å². The molecule has 2 heterocycles. The van der Waals surface area contributed by atoms with Crippen molar-refractivity contribution in [1.82, 2.24) is 0 Å². The van der Waals surface area contributed by atoms with Gasteiger partial charge in [-0.25, -0.2) is 0 Å². The molecule has 0 amide bonds. The minimum absolute atomic E-state index is 0.136. The van der Waals surface area contributed by atoms with E-state index in [2.05, 4.69) is 6.58 Å². The van der Waals surface area contributed by atoms with Gasteiger partial charge in [0, 0.05) is 22.2 Å². The molecule has 5 heteroatoms. The lowest BCUT2D eigenvalue weighted by Crippen LogP contribution is -2.03. The number of rotatable bonds is 3. The molecule has 0 aliphatic rings. The zero-order chi connectivity index (χ0) is 17.6. The van der Waals surface area contributed by atoms with E-state index < -0.39 is 0 Å². The van der Waals surface area contributed by atoms with Crippen molar-refractivity contribution in [3.63, 3.8) is 0 Å². The van der Waals surface area contributed by atoms with E-state index in [-0.39, 0.29) is 16.6 Å². The van der Waals surface area contributed by atoms with E-state index in [1.807, 2.05) is 0 Å². The van der Waals surface area contributed by atoms with Gasteiger partial charge in [-0.1, -0.05) is 17.7 Å². The zero-order valence-corrected chi connectivity index (χ0v) is 13.8. The Hall–Kier alpha value is -2.98. The molecule has 4 nitrogen and oxygen atoms in total. The van der Waals surface area contributed by atoms with Crippen molar-refractivity contribution in [3.8, 4) is 17.1 Å². The van der Waals surface area contributed by atoms with Gasteiger partial charge in [-0.15, -0.1) is 6.58 Å². The number of hydrogen-bond donors (Lipinski definition) is 1. The summed E-state index contributed by atoms with van der Waals surface area (Å²) in [6.45, 7) is 3.75. The number of phenols is 1. The van der Waals surface area contributed by atoms with E-state index in [1.165, 1.54) is 12.3 Å². The van der Waals surface area contributed by atoms with Crippen molar-refractivity contribution in [2.24, 2.45) is 0 Å². The van der Waals surface area contributed by atoms with Gasteiger partial charge >= 0.3 is 0 Å². The number of hydrogen-bond acceptors (Lipinski definition) is 4. The maximum Gasteiger partial charge on any atom is 0.197 e. The molecule has 2 aromatic carbocycles. The zero-order valence-electron chi connectivity index (χ0n) is 13.1. The number of aromatic hydroxyl groups is 1. The fourth-order valence-corrected chi connectivity index (χ4v) is 3.11. The summed E-state index contributed by atoms with van der Waals surface area (Å²) in [4.78, 5) is 12.7. The smallest absolute Gasteiger partial charge is 0.197 e. The van der Waals surface area contributed by atoms with Crippen LogP contribution >= 0.6 is 11.6 Å². The first-order valence-electron chi connectivity index (χ1n) is 7.66. The fourth-order valence-electron chi connectivity index (χ4n) is 2.98. The molecule has 1 N–H and O–H groups in total. The molecule has 0 fully saturated rings. The van der Waals surface area contributed by atoms with Gasteiger partial charge in [-0.05, 0) is 36.8 Å². The van der Waals surface area contributed by atoms with Crippen LogP contribution in [0, 0.1) is 0 Å². The van der Waals surface area contributed by atoms with Crippen LogP contribution < -0.4 is 5.43 Å². The van der Waals surface area contributed by atoms with Crippen molar-refractivity contribution >= 4 is 33.5 Å². The summed E-state index contributed by atoms with van der Waals surface area (Å²) in [5, 5.41) is 11.7. The molecule has 0 saturated heterocycles. The summed E-state index contributed by atoms with van der Waals surface area (Å²) in [6.07, 6.45) is 3.61. The summed E-state index contributed by atoms with van der Waals surface area (Å²) >= 11 is 5.92. The van der Waals surface area contributed by atoms with Gasteiger partial charge in [0.2, 0.25) is 0 Å². The van der Waals surface area contributed by atoms with Crippen LogP contribution in [0.1, 0.15) is 5.56 Å². The van der Waals surface area contributed by atoms with Gasteiger partial charge in [0.25, 0.3) is 0 Å². The van der Waals surface area contributed by atoms with Gasteiger partial charge in [-0.3, -0.25) is 4.79 Å². The summed E-state index contributed by atoms with van der Waals surface area (Å²) in [6, 6.07) is 9.98. The predicted octanol–water partition coefficient (Wildman–Crippen LogP) is 5.29. The highest BCUT2D eigenvalue weighted by Crippen LogP contribution is 2.38. The molecule has 4 rings (SSSR count). The lowest BCUT2D eigenvalue weighted by atomic mass is 10.0. The molecule has 0 radical (unpaired) electrons. The van der Waals surface area contributed by atoms with Gasteiger partial charge in [-0.2, -0.15) is 0 Å². The Morgan fingerprint density at radius 2 is 1.92 bits per heavy atom. The van der Waals surface area contributed by atoms with E-state index in [0.29, 0.717) is 44.9 Å². The first-order chi connectivity index (χ1) is 12.1. The summed E-state index contributed by atoms with van der Waals surface area (Å²) in [7, 11) is 0. The van der Waals surface area contributed by atoms with Crippen LogP contribution in [0.3, 0.4) is 0 Å². The molecule has 4 aromatic rings.